The van der Waals surface area contributed by atoms with Crippen molar-refractivity contribution in [2.75, 3.05) is 0 Å². The molecule has 0 amide bonds. The van der Waals surface area contributed by atoms with Gasteiger partial charge in [0.15, 0.2) is 0 Å². The minimum Gasteiger partial charge on any atom is -0.490 e. The maximum atomic E-state index is 10.1. The smallest absolute Gasteiger partial charge is 0.120 e. The molecule has 2 atom stereocenters. The van der Waals surface area contributed by atoms with Crippen molar-refractivity contribution < 1.29 is 9.84 Å². The number of aliphatic hydroxyl groups excluding tert-OH is 1. The second-order valence-electron chi connectivity index (χ2n) is 7.08. The van der Waals surface area contributed by atoms with Crippen LogP contribution in [-0.4, -0.2) is 17.3 Å². The third-order valence-electron chi connectivity index (χ3n) is 5.04. The van der Waals surface area contributed by atoms with E-state index in [0.717, 1.165) is 25.0 Å². The van der Waals surface area contributed by atoms with Crippen molar-refractivity contribution in [3.05, 3.63) is 29.8 Å². The van der Waals surface area contributed by atoms with Crippen molar-refractivity contribution in [2.24, 2.45) is 5.41 Å². The summed E-state index contributed by atoms with van der Waals surface area (Å²) in [6.07, 6.45) is 2.61. The molecule has 1 aromatic rings. The molecule has 0 heterocycles. The number of benzene rings is 1. The zero-order valence-corrected chi connectivity index (χ0v) is 13.4. The molecule has 1 saturated carbocycles. The fourth-order valence-electron chi connectivity index (χ4n) is 3.27. The van der Waals surface area contributed by atoms with Gasteiger partial charge in [0.2, 0.25) is 0 Å². The van der Waals surface area contributed by atoms with Crippen molar-refractivity contribution in [3.63, 3.8) is 0 Å². The van der Waals surface area contributed by atoms with Gasteiger partial charge in [-0.2, -0.15) is 0 Å². The van der Waals surface area contributed by atoms with Gasteiger partial charge in [-0.25, -0.2) is 0 Å². The molecular formula is C18H28O2. The Hall–Kier alpha value is -1.02. The first-order valence-electron chi connectivity index (χ1n) is 7.78. The van der Waals surface area contributed by atoms with Crippen LogP contribution in [0.3, 0.4) is 0 Å². The summed E-state index contributed by atoms with van der Waals surface area (Å²) in [5, 5.41) is 10.1. The average molecular weight is 276 g/mol. The van der Waals surface area contributed by atoms with Crippen LogP contribution in [0.2, 0.25) is 0 Å². The summed E-state index contributed by atoms with van der Waals surface area (Å²) < 4.78 is 6.19. The molecule has 2 rings (SSSR count). The number of aliphatic hydroxyl groups is 1. The van der Waals surface area contributed by atoms with Crippen molar-refractivity contribution in [2.45, 2.75) is 71.5 Å². The van der Waals surface area contributed by atoms with Crippen molar-refractivity contribution >= 4 is 0 Å². The molecule has 1 aromatic carbocycles. The van der Waals surface area contributed by atoms with Crippen LogP contribution in [0.15, 0.2) is 24.3 Å². The van der Waals surface area contributed by atoms with Gasteiger partial charge in [0, 0.05) is 11.8 Å². The number of hydrogen-bond acceptors (Lipinski definition) is 2. The zero-order chi connectivity index (χ0) is 15.0. The Kier molecular flexibility index (Phi) is 4.15. The minimum absolute atomic E-state index is 0.0578. The zero-order valence-electron chi connectivity index (χ0n) is 13.4. The van der Waals surface area contributed by atoms with E-state index in [9.17, 15) is 5.11 Å². The lowest BCUT2D eigenvalue weighted by molar-refractivity contribution is -0.159. The highest BCUT2D eigenvalue weighted by Crippen LogP contribution is 2.49. The van der Waals surface area contributed by atoms with E-state index in [-0.39, 0.29) is 23.0 Å². The van der Waals surface area contributed by atoms with E-state index < -0.39 is 0 Å². The Morgan fingerprint density at radius 3 is 2.40 bits per heavy atom. The van der Waals surface area contributed by atoms with Crippen LogP contribution in [0.5, 0.6) is 5.75 Å². The van der Waals surface area contributed by atoms with Gasteiger partial charge in [-0.05, 0) is 36.0 Å². The lowest BCUT2D eigenvalue weighted by atomic mass is 9.60. The van der Waals surface area contributed by atoms with Crippen molar-refractivity contribution in [1.82, 2.24) is 0 Å². The molecule has 1 fully saturated rings. The monoisotopic (exact) mass is 276 g/mol. The maximum absolute atomic E-state index is 10.1. The second kappa shape index (κ2) is 5.40. The molecule has 0 bridgehead atoms. The van der Waals surface area contributed by atoms with Crippen LogP contribution < -0.4 is 4.74 Å². The first-order chi connectivity index (χ1) is 9.33. The van der Waals surface area contributed by atoms with E-state index in [1.54, 1.807) is 0 Å². The molecule has 0 aromatic heterocycles. The first-order valence-corrected chi connectivity index (χ1v) is 7.78. The predicted molar refractivity (Wildman–Crippen MR) is 83.2 cm³/mol. The molecule has 112 valence electrons. The highest BCUT2D eigenvalue weighted by atomic mass is 16.5. The largest absolute Gasteiger partial charge is 0.490 e. The molecule has 1 aliphatic carbocycles. The summed E-state index contributed by atoms with van der Waals surface area (Å²) in [7, 11) is 0. The van der Waals surface area contributed by atoms with Crippen molar-refractivity contribution in [3.8, 4) is 5.75 Å². The van der Waals surface area contributed by atoms with Crippen LogP contribution in [0, 0.1) is 5.41 Å². The predicted octanol–water partition coefficient (Wildman–Crippen LogP) is 4.30. The van der Waals surface area contributed by atoms with Gasteiger partial charge >= 0.3 is 0 Å². The third-order valence-corrected chi connectivity index (χ3v) is 5.04. The Morgan fingerprint density at radius 2 is 1.90 bits per heavy atom. The molecule has 0 spiro atoms. The number of hydrogen-bond donors (Lipinski definition) is 1. The van der Waals surface area contributed by atoms with E-state index in [0.29, 0.717) is 0 Å². The van der Waals surface area contributed by atoms with Gasteiger partial charge in [0.25, 0.3) is 0 Å². The fourth-order valence-corrected chi connectivity index (χ4v) is 3.27. The van der Waals surface area contributed by atoms with Crippen LogP contribution in [-0.2, 0) is 5.41 Å². The van der Waals surface area contributed by atoms with Gasteiger partial charge in [-0.3, -0.25) is 0 Å². The van der Waals surface area contributed by atoms with Crippen LogP contribution >= 0.6 is 0 Å². The molecule has 0 aliphatic heterocycles. The summed E-state index contributed by atoms with van der Waals surface area (Å²) in [6, 6.07) is 8.37. The molecule has 0 radical (unpaired) electrons. The van der Waals surface area contributed by atoms with E-state index in [1.165, 1.54) is 5.56 Å². The summed E-state index contributed by atoms with van der Waals surface area (Å²) in [4.78, 5) is 0. The SMILES string of the molecule is CCC1(CC)C(O)CC1Oc1cccc(C(C)(C)C)c1. The van der Waals surface area contributed by atoms with Gasteiger partial charge in [0.1, 0.15) is 11.9 Å². The second-order valence-corrected chi connectivity index (χ2v) is 7.08. The van der Waals surface area contributed by atoms with Crippen LogP contribution in [0.25, 0.3) is 0 Å². The lowest BCUT2D eigenvalue weighted by Gasteiger charge is -2.52. The Balaban J connectivity index is 2.15. The third kappa shape index (κ3) is 2.58. The molecule has 2 unspecified atom stereocenters. The van der Waals surface area contributed by atoms with E-state index in [1.807, 2.05) is 6.07 Å². The number of ether oxygens (including phenoxy) is 1. The fraction of sp³-hybridized carbons (Fsp3) is 0.667. The molecule has 0 saturated heterocycles. The average Bonchev–Trinajstić information content (AvgIpc) is 2.39. The van der Waals surface area contributed by atoms with Gasteiger partial charge in [0.05, 0.1) is 6.10 Å². The Bertz CT molecular complexity index is 455. The quantitative estimate of drug-likeness (QED) is 0.888. The summed E-state index contributed by atoms with van der Waals surface area (Å²) >= 11 is 0. The highest BCUT2D eigenvalue weighted by molar-refractivity contribution is 5.33. The number of rotatable bonds is 4. The maximum Gasteiger partial charge on any atom is 0.120 e. The molecule has 20 heavy (non-hydrogen) atoms. The van der Waals surface area contributed by atoms with E-state index in [4.69, 9.17) is 4.74 Å². The normalized spacial score (nSPS) is 25.1. The highest BCUT2D eigenvalue weighted by Gasteiger charge is 2.53. The molecule has 2 nitrogen and oxygen atoms in total. The van der Waals surface area contributed by atoms with Crippen molar-refractivity contribution in [1.29, 1.82) is 0 Å². The Morgan fingerprint density at radius 1 is 1.25 bits per heavy atom. The van der Waals surface area contributed by atoms with Crippen LogP contribution in [0.4, 0.5) is 0 Å². The lowest BCUT2D eigenvalue weighted by Crippen LogP contribution is -2.59. The summed E-state index contributed by atoms with van der Waals surface area (Å²) in [5.41, 5.74) is 1.36. The van der Waals surface area contributed by atoms with Gasteiger partial charge in [-0.1, -0.05) is 46.8 Å². The topological polar surface area (TPSA) is 29.5 Å². The minimum atomic E-state index is -0.215. The Labute approximate surface area is 123 Å². The molecule has 2 heteroatoms. The standard InChI is InChI=1S/C18H28O2/c1-6-18(7-2)15(19)12-16(18)20-14-10-8-9-13(11-14)17(3,4)5/h8-11,15-16,19H,6-7,12H2,1-5H3. The molecular weight excluding hydrogens is 248 g/mol. The molecule has 1 N–H and O–H groups in total. The van der Waals surface area contributed by atoms with Crippen LogP contribution in [0.1, 0.15) is 59.4 Å². The van der Waals surface area contributed by atoms with E-state index in [2.05, 4.69) is 52.8 Å². The first kappa shape index (κ1) is 15.4. The molecule has 1 aliphatic rings. The summed E-state index contributed by atoms with van der Waals surface area (Å²) in [6.45, 7) is 10.9. The summed E-state index contributed by atoms with van der Waals surface area (Å²) in [5.74, 6) is 0.931. The van der Waals surface area contributed by atoms with Gasteiger partial charge in [-0.15, -0.1) is 0 Å². The van der Waals surface area contributed by atoms with Gasteiger partial charge < -0.3 is 9.84 Å². The van der Waals surface area contributed by atoms with E-state index >= 15 is 0 Å².